The van der Waals surface area contributed by atoms with E-state index in [1.807, 2.05) is 13.0 Å². The van der Waals surface area contributed by atoms with Crippen LogP contribution in [0.3, 0.4) is 0 Å². The van der Waals surface area contributed by atoms with Crippen molar-refractivity contribution in [2.24, 2.45) is 0 Å². The Kier molecular flexibility index (Phi) is 4.51. The maximum Gasteiger partial charge on any atom is 0.258 e. The number of halogens is 2. The van der Waals surface area contributed by atoms with Gasteiger partial charge in [-0.3, -0.25) is 4.79 Å². The monoisotopic (exact) mass is 322 g/mol. The smallest absolute Gasteiger partial charge is 0.258 e. The molecule has 0 bridgehead atoms. The summed E-state index contributed by atoms with van der Waals surface area (Å²) in [7, 11) is 1.66. The molecule has 1 aromatic heterocycles. The van der Waals surface area contributed by atoms with Crippen LogP contribution in [-0.4, -0.2) is 34.2 Å². The molecular formula is C14H12Cl2N4O. The molecule has 7 heteroatoms. The normalized spacial score (nSPS) is 10.2. The third kappa shape index (κ3) is 2.87. The van der Waals surface area contributed by atoms with Gasteiger partial charge in [-0.05, 0) is 25.1 Å². The molecule has 1 amide bonds. The quantitative estimate of drug-likeness (QED) is 0.872. The first-order valence-corrected chi connectivity index (χ1v) is 6.94. The van der Waals surface area contributed by atoms with Crippen molar-refractivity contribution in [3.63, 3.8) is 0 Å². The summed E-state index contributed by atoms with van der Waals surface area (Å²) < 4.78 is 1.34. The molecule has 0 saturated carbocycles. The number of amides is 1. The number of carbonyl (C=O) groups excluding carboxylic acids is 1. The lowest BCUT2D eigenvalue weighted by Gasteiger charge is -2.13. The van der Waals surface area contributed by atoms with Crippen LogP contribution in [0.25, 0.3) is 5.69 Å². The molecule has 0 N–H and O–H groups in total. The summed E-state index contributed by atoms with van der Waals surface area (Å²) >= 11 is 12.0. The minimum atomic E-state index is -0.259. The Labute approximate surface area is 132 Å². The number of hydrogen-bond acceptors (Lipinski definition) is 3. The van der Waals surface area contributed by atoms with Crippen molar-refractivity contribution in [2.75, 3.05) is 13.6 Å². The van der Waals surface area contributed by atoms with Crippen LogP contribution in [0.1, 0.15) is 23.0 Å². The second-order valence-electron chi connectivity index (χ2n) is 4.35. The van der Waals surface area contributed by atoms with Crippen LogP contribution in [0.2, 0.25) is 10.0 Å². The van der Waals surface area contributed by atoms with Gasteiger partial charge in [0.2, 0.25) is 0 Å². The molecule has 0 aliphatic heterocycles. The van der Waals surface area contributed by atoms with Gasteiger partial charge in [0.15, 0.2) is 5.69 Å². The molecule has 1 aromatic carbocycles. The van der Waals surface area contributed by atoms with Gasteiger partial charge in [0.25, 0.3) is 5.91 Å². The van der Waals surface area contributed by atoms with E-state index in [1.165, 1.54) is 15.8 Å². The van der Waals surface area contributed by atoms with E-state index >= 15 is 0 Å². The molecule has 2 rings (SSSR count). The van der Waals surface area contributed by atoms with Gasteiger partial charge in [-0.25, -0.2) is 4.68 Å². The lowest BCUT2D eigenvalue weighted by molar-refractivity contribution is 0.0802. The summed E-state index contributed by atoms with van der Waals surface area (Å²) in [4.78, 5) is 13.7. The summed E-state index contributed by atoms with van der Waals surface area (Å²) in [5, 5.41) is 14.3. The van der Waals surface area contributed by atoms with Crippen molar-refractivity contribution in [1.82, 2.24) is 14.7 Å². The molecule has 0 saturated heterocycles. The van der Waals surface area contributed by atoms with Crippen molar-refractivity contribution in [2.45, 2.75) is 6.92 Å². The first-order valence-electron chi connectivity index (χ1n) is 6.18. The van der Waals surface area contributed by atoms with Crippen LogP contribution >= 0.6 is 23.2 Å². The summed E-state index contributed by atoms with van der Waals surface area (Å²) in [5.41, 5.74) is 0.883. The number of nitriles is 1. The van der Waals surface area contributed by atoms with Crippen molar-refractivity contribution in [1.29, 1.82) is 5.26 Å². The zero-order valence-corrected chi connectivity index (χ0v) is 13.0. The van der Waals surface area contributed by atoms with Crippen LogP contribution in [0.5, 0.6) is 0 Å². The number of carbonyl (C=O) groups is 1. The van der Waals surface area contributed by atoms with Crippen molar-refractivity contribution >= 4 is 29.1 Å². The Morgan fingerprint density at radius 1 is 1.48 bits per heavy atom. The second-order valence-corrected chi connectivity index (χ2v) is 5.19. The average molecular weight is 323 g/mol. The highest BCUT2D eigenvalue weighted by atomic mass is 35.5. The first-order chi connectivity index (χ1) is 9.99. The zero-order chi connectivity index (χ0) is 15.6. The molecule has 0 unspecified atom stereocenters. The molecule has 108 valence electrons. The molecule has 0 fully saturated rings. The number of rotatable bonds is 3. The van der Waals surface area contributed by atoms with Crippen molar-refractivity contribution in [3.05, 3.63) is 45.7 Å². The minimum Gasteiger partial charge on any atom is -0.342 e. The fourth-order valence-electron chi connectivity index (χ4n) is 1.80. The highest BCUT2D eigenvalue weighted by Gasteiger charge is 2.21. The average Bonchev–Trinajstić information content (AvgIpc) is 2.89. The lowest BCUT2D eigenvalue weighted by atomic mass is 10.2. The van der Waals surface area contributed by atoms with E-state index in [-0.39, 0.29) is 17.2 Å². The highest BCUT2D eigenvalue weighted by Crippen LogP contribution is 2.26. The third-order valence-corrected chi connectivity index (χ3v) is 3.60. The fourth-order valence-corrected chi connectivity index (χ4v) is 2.29. The molecule has 2 aromatic rings. The molecule has 1 heterocycles. The van der Waals surface area contributed by atoms with Crippen molar-refractivity contribution in [3.8, 4) is 11.8 Å². The van der Waals surface area contributed by atoms with Crippen LogP contribution in [-0.2, 0) is 0 Å². The van der Waals surface area contributed by atoms with E-state index in [0.717, 1.165) is 0 Å². The van der Waals surface area contributed by atoms with E-state index in [9.17, 15) is 10.1 Å². The maximum atomic E-state index is 12.2. The SMILES string of the molecule is CCN(C)C(=O)c1cnn(-c2ccc(Cl)cc2Cl)c1C#N. The number of hydrogen-bond donors (Lipinski definition) is 0. The third-order valence-electron chi connectivity index (χ3n) is 3.06. The molecule has 0 atom stereocenters. The Morgan fingerprint density at radius 3 is 2.76 bits per heavy atom. The topological polar surface area (TPSA) is 61.9 Å². The van der Waals surface area contributed by atoms with Gasteiger partial charge < -0.3 is 4.90 Å². The maximum absolute atomic E-state index is 12.2. The highest BCUT2D eigenvalue weighted by molar-refractivity contribution is 6.35. The predicted octanol–water partition coefficient (Wildman–Crippen LogP) is 3.14. The van der Waals surface area contributed by atoms with Gasteiger partial charge >= 0.3 is 0 Å². The molecular weight excluding hydrogens is 311 g/mol. The van der Waals surface area contributed by atoms with E-state index in [4.69, 9.17) is 23.2 Å². The second kappa shape index (κ2) is 6.17. The zero-order valence-electron chi connectivity index (χ0n) is 11.5. The molecule has 0 aliphatic carbocycles. The standard InChI is InChI=1S/C14H12Cl2N4O/c1-3-19(2)14(21)10-8-18-20(13(10)7-17)12-5-4-9(15)6-11(12)16/h4-6,8H,3H2,1-2H3. The molecule has 21 heavy (non-hydrogen) atoms. The summed E-state index contributed by atoms with van der Waals surface area (Å²) in [5.74, 6) is -0.259. The van der Waals surface area contributed by atoms with Crippen LogP contribution < -0.4 is 0 Å². The summed E-state index contributed by atoms with van der Waals surface area (Å²) in [6, 6.07) is 6.86. The Hall–Kier alpha value is -2.03. The van der Waals surface area contributed by atoms with Gasteiger partial charge in [-0.2, -0.15) is 10.4 Å². The predicted molar refractivity (Wildman–Crippen MR) is 80.9 cm³/mol. The van der Waals surface area contributed by atoms with E-state index in [2.05, 4.69) is 5.10 Å². The lowest BCUT2D eigenvalue weighted by Crippen LogP contribution is -2.26. The van der Waals surface area contributed by atoms with Crippen LogP contribution in [0.15, 0.2) is 24.4 Å². The number of aromatic nitrogens is 2. The van der Waals surface area contributed by atoms with Gasteiger partial charge in [0.05, 0.1) is 22.5 Å². The Balaban J connectivity index is 2.55. The first kappa shape index (κ1) is 15.4. The number of nitrogens with zero attached hydrogens (tertiary/aromatic N) is 4. The molecule has 0 aliphatic rings. The van der Waals surface area contributed by atoms with Crippen LogP contribution in [0.4, 0.5) is 0 Å². The van der Waals surface area contributed by atoms with E-state index in [0.29, 0.717) is 22.3 Å². The largest absolute Gasteiger partial charge is 0.342 e. The fraction of sp³-hybridized carbons (Fsp3) is 0.214. The van der Waals surface area contributed by atoms with E-state index in [1.54, 1.807) is 25.2 Å². The number of benzene rings is 1. The summed E-state index contributed by atoms with van der Waals surface area (Å²) in [6.45, 7) is 2.39. The van der Waals surface area contributed by atoms with Gasteiger partial charge in [-0.1, -0.05) is 23.2 Å². The van der Waals surface area contributed by atoms with Gasteiger partial charge in [0.1, 0.15) is 6.07 Å². The minimum absolute atomic E-state index is 0.143. The molecule has 0 spiro atoms. The Bertz CT molecular complexity index is 733. The van der Waals surface area contributed by atoms with Gasteiger partial charge in [-0.15, -0.1) is 0 Å². The van der Waals surface area contributed by atoms with Crippen molar-refractivity contribution < 1.29 is 4.79 Å². The Morgan fingerprint density at radius 2 is 2.19 bits per heavy atom. The summed E-state index contributed by atoms with van der Waals surface area (Å²) in [6.07, 6.45) is 1.37. The molecule has 5 nitrogen and oxygen atoms in total. The van der Waals surface area contributed by atoms with Crippen LogP contribution in [0, 0.1) is 11.3 Å². The van der Waals surface area contributed by atoms with E-state index < -0.39 is 0 Å². The van der Waals surface area contributed by atoms with Gasteiger partial charge in [0, 0.05) is 18.6 Å². The molecule has 0 radical (unpaired) electrons.